The lowest BCUT2D eigenvalue weighted by molar-refractivity contribution is -0.148. The van der Waals surface area contributed by atoms with E-state index in [0.29, 0.717) is 6.42 Å². The summed E-state index contributed by atoms with van der Waals surface area (Å²) < 4.78 is 5.42. The van der Waals surface area contributed by atoms with Crippen LogP contribution < -0.4 is 0 Å². The highest BCUT2D eigenvalue weighted by Crippen LogP contribution is 2.11. The molecule has 6 N–H and O–H groups in total. The smallest absolute Gasteiger partial charge is 0.306 e. The second-order valence-electron chi connectivity index (χ2n) is 8.06. The minimum Gasteiger partial charge on any atom is -0.463 e. The molecule has 8 nitrogen and oxygen atoms in total. The van der Waals surface area contributed by atoms with Crippen molar-refractivity contribution >= 4 is 5.97 Å². The molecule has 0 heterocycles. The lowest BCUT2D eigenvalue weighted by Crippen LogP contribution is -2.15. The third-order valence-electron chi connectivity index (χ3n) is 4.62. The van der Waals surface area contributed by atoms with Crippen molar-refractivity contribution < 1.29 is 40.2 Å². The van der Waals surface area contributed by atoms with Gasteiger partial charge in [0.25, 0.3) is 0 Å². The van der Waals surface area contributed by atoms with E-state index in [4.69, 9.17) is 35.4 Å². The first-order chi connectivity index (χ1) is 15.3. The predicted octanol–water partition coefficient (Wildman–Crippen LogP) is 2.69. The predicted molar refractivity (Wildman–Crippen MR) is 127 cm³/mol. The Kier molecular flexibility index (Phi) is 33.8. The molecule has 0 aliphatic rings. The fourth-order valence-electron chi connectivity index (χ4n) is 2.54. The Balaban J connectivity index is -0.000000571. The normalized spacial score (nSPS) is 11.5. The highest BCUT2D eigenvalue weighted by Gasteiger charge is 2.08. The summed E-state index contributed by atoms with van der Waals surface area (Å²) in [5.74, 6) is -0.0000172. The zero-order chi connectivity index (χ0) is 25.0. The lowest BCUT2D eigenvalue weighted by atomic mass is 10.1. The first-order valence-corrected chi connectivity index (χ1v) is 12.3. The van der Waals surface area contributed by atoms with Crippen LogP contribution in [0.25, 0.3) is 0 Å². The molecule has 0 aromatic heterocycles. The molecule has 0 radical (unpaired) electrons. The first-order valence-electron chi connectivity index (χ1n) is 12.3. The molecule has 0 saturated carbocycles. The van der Waals surface area contributed by atoms with E-state index in [1.165, 1.54) is 64.2 Å². The van der Waals surface area contributed by atoms with Crippen molar-refractivity contribution in [1.29, 1.82) is 0 Å². The van der Waals surface area contributed by atoms with Gasteiger partial charge >= 0.3 is 5.97 Å². The van der Waals surface area contributed by atoms with E-state index in [9.17, 15) is 4.79 Å². The molecule has 0 rings (SSSR count). The maximum absolute atomic E-state index is 11.6. The molecule has 1 unspecified atom stereocenters. The van der Waals surface area contributed by atoms with Gasteiger partial charge in [-0.3, -0.25) is 4.79 Å². The molecule has 0 amide bonds. The molecule has 0 spiro atoms. The van der Waals surface area contributed by atoms with Crippen LogP contribution in [0.5, 0.6) is 0 Å². The minimum atomic E-state index is -0.954. The van der Waals surface area contributed by atoms with Crippen molar-refractivity contribution in [2.45, 2.75) is 123 Å². The summed E-state index contributed by atoms with van der Waals surface area (Å²) in [7, 11) is 0. The number of carbonyl (C=O) groups excluding carboxylic acids is 1. The third kappa shape index (κ3) is 33.9. The largest absolute Gasteiger partial charge is 0.463 e. The lowest BCUT2D eigenvalue weighted by Gasteiger charge is -2.12. The number of hydrogen-bond acceptors (Lipinski definition) is 8. The van der Waals surface area contributed by atoms with E-state index in [2.05, 4.69) is 13.8 Å². The molecule has 0 aromatic rings. The maximum atomic E-state index is 11.6. The van der Waals surface area contributed by atoms with Crippen LogP contribution in [0.2, 0.25) is 0 Å². The summed E-state index contributed by atoms with van der Waals surface area (Å²) in [6.07, 6.45) is 13.6. The number of rotatable bonds is 18. The van der Waals surface area contributed by atoms with Gasteiger partial charge < -0.3 is 35.4 Å². The third-order valence-corrected chi connectivity index (χ3v) is 4.62. The van der Waals surface area contributed by atoms with Crippen molar-refractivity contribution in [3.63, 3.8) is 0 Å². The van der Waals surface area contributed by atoms with Crippen LogP contribution in [-0.4, -0.2) is 81.3 Å². The maximum Gasteiger partial charge on any atom is 0.306 e. The van der Waals surface area contributed by atoms with Crippen molar-refractivity contribution in [2.24, 2.45) is 0 Å². The highest BCUT2D eigenvalue weighted by molar-refractivity contribution is 5.69. The van der Waals surface area contributed by atoms with Gasteiger partial charge in [0.1, 0.15) is 12.2 Å². The Labute approximate surface area is 195 Å². The molecule has 0 saturated heterocycles. The van der Waals surface area contributed by atoms with Crippen LogP contribution in [0, 0.1) is 0 Å². The molecule has 8 heteroatoms. The molecule has 196 valence electrons. The van der Waals surface area contributed by atoms with Gasteiger partial charge in [-0.25, -0.2) is 0 Å². The molecular formula is C24H52O8. The number of unbranched alkanes of at least 4 members (excludes halogenated alkanes) is 9. The number of aliphatic hydroxyl groups is 6. The van der Waals surface area contributed by atoms with Crippen LogP contribution in [0.3, 0.4) is 0 Å². The van der Waals surface area contributed by atoms with Gasteiger partial charge in [-0.05, 0) is 26.2 Å². The molecule has 32 heavy (non-hydrogen) atoms. The van der Waals surface area contributed by atoms with E-state index in [-0.39, 0.29) is 38.5 Å². The Morgan fingerprint density at radius 1 is 0.656 bits per heavy atom. The van der Waals surface area contributed by atoms with Crippen LogP contribution in [-0.2, 0) is 9.53 Å². The van der Waals surface area contributed by atoms with Crippen molar-refractivity contribution in [3.05, 3.63) is 0 Å². The van der Waals surface area contributed by atoms with Crippen LogP contribution >= 0.6 is 0 Å². The van der Waals surface area contributed by atoms with Gasteiger partial charge in [0, 0.05) is 6.42 Å². The fraction of sp³-hybridized carbons (Fsp3) is 0.958. The van der Waals surface area contributed by atoms with Crippen LogP contribution in [0.1, 0.15) is 104 Å². The Hall–Kier alpha value is -0.770. The van der Waals surface area contributed by atoms with Crippen LogP contribution in [0.4, 0.5) is 0 Å². The van der Waals surface area contributed by atoms with Gasteiger partial charge in [-0.1, -0.05) is 71.6 Å². The van der Waals surface area contributed by atoms with E-state index >= 15 is 0 Å². The summed E-state index contributed by atoms with van der Waals surface area (Å²) in [6.45, 7) is 5.00. The molecule has 0 fully saturated rings. The molecule has 0 aliphatic heterocycles. The monoisotopic (exact) mass is 468 g/mol. The summed E-state index contributed by atoms with van der Waals surface area (Å²) in [4.78, 5) is 11.6. The number of ether oxygens (including phenoxy) is 1. The molecule has 1 atom stereocenters. The van der Waals surface area contributed by atoms with Crippen molar-refractivity contribution in [3.8, 4) is 0 Å². The van der Waals surface area contributed by atoms with E-state index in [0.717, 1.165) is 12.8 Å². The number of esters is 1. The Morgan fingerprint density at radius 3 is 1.41 bits per heavy atom. The van der Waals surface area contributed by atoms with Gasteiger partial charge in [0.05, 0.1) is 32.5 Å². The van der Waals surface area contributed by atoms with Gasteiger partial charge in [0.2, 0.25) is 0 Å². The SMILES string of the molecule is CCCCCCCCCCC(=O)OC(C)CCCCC.OCC(O)CO.OCC(O)CO. The van der Waals surface area contributed by atoms with E-state index in [1.54, 1.807) is 0 Å². The van der Waals surface area contributed by atoms with Crippen molar-refractivity contribution in [2.75, 3.05) is 26.4 Å². The van der Waals surface area contributed by atoms with Gasteiger partial charge in [0.15, 0.2) is 0 Å². The average molecular weight is 469 g/mol. The van der Waals surface area contributed by atoms with Crippen molar-refractivity contribution in [1.82, 2.24) is 0 Å². The Morgan fingerprint density at radius 2 is 1.03 bits per heavy atom. The topological polar surface area (TPSA) is 148 Å². The minimum absolute atomic E-state index is 0.0000172. The van der Waals surface area contributed by atoms with E-state index < -0.39 is 12.2 Å². The molecular weight excluding hydrogens is 416 g/mol. The second-order valence-corrected chi connectivity index (χ2v) is 8.06. The van der Waals surface area contributed by atoms with Crippen LogP contribution in [0.15, 0.2) is 0 Å². The summed E-state index contributed by atoms with van der Waals surface area (Å²) in [5.41, 5.74) is 0. The number of carbonyl (C=O) groups is 1. The molecule has 0 bridgehead atoms. The second kappa shape index (κ2) is 30.2. The van der Waals surface area contributed by atoms with E-state index in [1.807, 2.05) is 6.92 Å². The number of aliphatic hydroxyl groups excluding tert-OH is 6. The number of hydrogen-bond donors (Lipinski definition) is 6. The highest BCUT2D eigenvalue weighted by atomic mass is 16.5. The van der Waals surface area contributed by atoms with Gasteiger partial charge in [-0.2, -0.15) is 0 Å². The zero-order valence-corrected chi connectivity index (χ0v) is 20.8. The summed E-state index contributed by atoms with van der Waals surface area (Å²) >= 11 is 0. The molecule has 0 aliphatic carbocycles. The first kappa shape index (κ1) is 35.8. The zero-order valence-electron chi connectivity index (χ0n) is 20.8. The standard InChI is InChI=1S/C18H36O2.2C3H8O3/c1-4-6-8-9-10-11-12-14-16-18(19)20-17(3)15-13-7-5-2;2*4-1-3(6)2-5/h17H,4-16H2,1-3H3;2*3-6H,1-2H2. The molecule has 0 aromatic carbocycles. The average Bonchev–Trinajstić information content (AvgIpc) is 2.80. The summed E-state index contributed by atoms with van der Waals surface area (Å²) in [6, 6.07) is 0. The quantitative estimate of drug-likeness (QED) is 0.133. The summed E-state index contributed by atoms with van der Waals surface area (Å²) in [5, 5.41) is 48.0. The Bertz CT molecular complexity index is 337. The van der Waals surface area contributed by atoms with Gasteiger partial charge in [-0.15, -0.1) is 0 Å². The fourth-order valence-corrected chi connectivity index (χ4v) is 2.54.